The van der Waals surface area contributed by atoms with Gasteiger partial charge < -0.3 is 4.74 Å². The first kappa shape index (κ1) is 13.9. The van der Waals surface area contributed by atoms with E-state index in [2.05, 4.69) is 10.2 Å². The first-order valence-electron chi connectivity index (χ1n) is 6.21. The molecule has 6 heteroatoms. The second kappa shape index (κ2) is 5.76. The monoisotopic (exact) mass is 319 g/mol. The number of ether oxygens (including phenoxy) is 1. The van der Waals surface area contributed by atoms with Crippen LogP contribution in [0.4, 0.5) is 0 Å². The van der Waals surface area contributed by atoms with E-state index in [-0.39, 0.29) is 5.28 Å². The Morgan fingerprint density at radius 2 is 1.76 bits per heavy atom. The number of halogens is 2. The summed E-state index contributed by atoms with van der Waals surface area (Å²) in [4.78, 5) is 0. The lowest BCUT2D eigenvalue weighted by atomic mass is 10.2. The normalized spacial score (nSPS) is 10.6. The lowest BCUT2D eigenvalue weighted by Crippen LogP contribution is -1.99. The van der Waals surface area contributed by atoms with Crippen molar-refractivity contribution in [2.45, 2.75) is 0 Å². The van der Waals surface area contributed by atoms with Gasteiger partial charge in [0.15, 0.2) is 5.82 Å². The fourth-order valence-corrected chi connectivity index (χ4v) is 2.45. The second-order valence-corrected chi connectivity index (χ2v) is 5.06. The van der Waals surface area contributed by atoms with E-state index in [1.54, 1.807) is 29.9 Å². The molecule has 0 aliphatic rings. The molecule has 1 aromatic heterocycles. The highest BCUT2D eigenvalue weighted by molar-refractivity contribution is 6.33. The van der Waals surface area contributed by atoms with Gasteiger partial charge >= 0.3 is 0 Å². The van der Waals surface area contributed by atoms with Gasteiger partial charge in [-0.2, -0.15) is 0 Å². The van der Waals surface area contributed by atoms with Crippen molar-refractivity contribution in [1.82, 2.24) is 14.8 Å². The predicted molar refractivity (Wildman–Crippen MR) is 83.4 cm³/mol. The maximum Gasteiger partial charge on any atom is 0.229 e. The van der Waals surface area contributed by atoms with Gasteiger partial charge in [0.05, 0.1) is 17.8 Å². The topological polar surface area (TPSA) is 39.9 Å². The molecule has 0 amide bonds. The molecular formula is C15H11Cl2N3O. The molecule has 0 bridgehead atoms. The van der Waals surface area contributed by atoms with Crippen LogP contribution < -0.4 is 4.74 Å². The molecule has 4 nitrogen and oxygen atoms in total. The van der Waals surface area contributed by atoms with Gasteiger partial charge in [0.2, 0.25) is 5.28 Å². The highest BCUT2D eigenvalue weighted by Gasteiger charge is 2.16. The van der Waals surface area contributed by atoms with Crippen molar-refractivity contribution < 1.29 is 4.74 Å². The first-order chi connectivity index (χ1) is 10.2. The molecule has 0 fully saturated rings. The lowest BCUT2D eigenvalue weighted by molar-refractivity contribution is 0.414. The van der Waals surface area contributed by atoms with Gasteiger partial charge in [0, 0.05) is 11.6 Å². The molecule has 0 saturated carbocycles. The zero-order chi connectivity index (χ0) is 14.8. The predicted octanol–water partition coefficient (Wildman–Crippen LogP) is 4.25. The van der Waals surface area contributed by atoms with E-state index in [4.69, 9.17) is 27.9 Å². The van der Waals surface area contributed by atoms with Crippen LogP contribution >= 0.6 is 23.2 Å². The number of hydrogen-bond donors (Lipinski definition) is 0. The molecule has 0 spiro atoms. The molecule has 3 rings (SSSR count). The number of benzene rings is 2. The Hall–Kier alpha value is -2.04. The Morgan fingerprint density at radius 3 is 2.48 bits per heavy atom. The summed E-state index contributed by atoms with van der Waals surface area (Å²) in [5.74, 6) is 1.30. The van der Waals surface area contributed by atoms with E-state index in [0.717, 1.165) is 5.56 Å². The van der Waals surface area contributed by atoms with E-state index in [1.165, 1.54) is 0 Å². The number of nitrogens with zero attached hydrogens (tertiary/aromatic N) is 3. The van der Waals surface area contributed by atoms with Crippen LogP contribution in [0.3, 0.4) is 0 Å². The summed E-state index contributed by atoms with van der Waals surface area (Å²) in [6.45, 7) is 0. The van der Waals surface area contributed by atoms with Crippen LogP contribution in [-0.4, -0.2) is 21.9 Å². The van der Waals surface area contributed by atoms with Crippen LogP contribution in [-0.2, 0) is 0 Å². The molecule has 0 atom stereocenters. The molecule has 0 aliphatic carbocycles. The van der Waals surface area contributed by atoms with Crippen LogP contribution in [0, 0.1) is 0 Å². The molecular weight excluding hydrogens is 309 g/mol. The van der Waals surface area contributed by atoms with Crippen LogP contribution in [0.1, 0.15) is 0 Å². The lowest BCUT2D eigenvalue weighted by Gasteiger charge is -2.11. The minimum absolute atomic E-state index is 0.240. The van der Waals surface area contributed by atoms with E-state index >= 15 is 0 Å². The summed E-state index contributed by atoms with van der Waals surface area (Å²) in [7, 11) is 1.60. The third-order valence-electron chi connectivity index (χ3n) is 3.05. The van der Waals surface area contributed by atoms with Crippen molar-refractivity contribution in [2.24, 2.45) is 0 Å². The van der Waals surface area contributed by atoms with Crippen LogP contribution in [0.15, 0.2) is 48.5 Å². The second-order valence-electron chi connectivity index (χ2n) is 4.31. The number of hydrogen-bond acceptors (Lipinski definition) is 3. The van der Waals surface area contributed by atoms with Crippen molar-refractivity contribution in [2.75, 3.05) is 7.11 Å². The Balaban J connectivity index is 2.22. The standard InChI is InChI=1S/C15H11Cl2N3O/c1-21-11-7-8-12(16)13(9-11)20-14(18-19-15(20)17)10-5-3-2-4-6-10/h2-9H,1H3. The molecule has 0 aliphatic heterocycles. The van der Waals surface area contributed by atoms with Crippen molar-refractivity contribution in [3.63, 3.8) is 0 Å². The van der Waals surface area contributed by atoms with Gasteiger partial charge in [-0.3, -0.25) is 4.57 Å². The Kier molecular flexibility index (Phi) is 3.82. The summed E-state index contributed by atoms with van der Waals surface area (Å²) < 4.78 is 6.93. The summed E-state index contributed by atoms with van der Waals surface area (Å²) >= 11 is 12.5. The minimum atomic E-state index is 0.240. The van der Waals surface area contributed by atoms with E-state index in [9.17, 15) is 0 Å². The SMILES string of the molecule is COc1ccc(Cl)c(-n2c(Cl)nnc2-c2ccccc2)c1. The van der Waals surface area contributed by atoms with Crippen molar-refractivity contribution in [3.8, 4) is 22.8 Å². The van der Waals surface area contributed by atoms with Gasteiger partial charge in [-0.15, -0.1) is 10.2 Å². The first-order valence-corrected chi connectivity index (χ1v) is 6.96. The van der Waals surface area contributed by atoms with Gasteiger partial charge in [-0.1, -0.05) is 41.9 Å². The number of aromatic nitrogens is 3. The van der Waals surface area contributed by atoms with E-state index in [0.29, 0.717) is 22.3 Å². The third kappa shape index (κ3) is 2.60. The minimum Gasteiger partial charge on any atom is -0.497 e. The van der Waals surface area contributed by atoms with Gasteiger partial charge in [0.25, 0.3) is 0 Å². The fourth-order valence-electron chi connectivity index (χ4n) is 2.04. The van der Waals surface area contributed by atoms with Gasteiger partial charge in [-0.25, -0.2) is 0 Å². The van der Waals surface area contributed by atoms with E-state index < -0.39 is 0 Å². The smallest absolute Gasteiger partial charge is 0.229 e. The summed E-state index contributed by atoms with van der Waals surface area (Å²) in [5.41, 5.74) is 1.57. The van der Waals surface area contributed by atoms with Crippen LogP contribution in [0.25, 0.3) is 17.1 Å². The molecule has 106 valence electrons. The Bertz CT molecular complexity index is 772. The van der Waals surface area contributed by atoms with E-state index in [1.807, 2.05) is 30.3 Å². The Morgan fingerprint density at radius 1 is 1.00 bits per heavy atom. The summed E-state index contributed by atoms with van der Waals surface area (Å²) in [6.07, 6.45) is 0. The molecule has 0 saturated heterocycles. The van der Waals surface area contributed by atoms with Gasteiger partial charge in [-0.05, 0) is 23.7 Å². The highest BCUT2D eigenvalue weighted by atomic mass is 35.5. The third-order valence-corrected chi connectivity index (χ3v) is 3.61. The average molecular weight is 320 g/mol. The zero-order valence-corrected chi connectivity index (χ0v) is 12.6. The zero-order valence-electron chi connectivity index (χ0n) is 11.1. The molecule has 1 heterocycles. The quantitative estimate of drug-likeness (QED) is 0.724. The molecule has 0 unspecified atom stereocenters. The van der Waals surface area contributed by atoms with Crippen LogP contribution in [0.2, 0.25) is 10.3 Å². The summed E-state index contributed by atoms with van der Waals surface area (Å²) in [5, 5.41) is 8.86. The van der Waals surface area contributed by atoms with Crippen molar-refractivity contribution in [1.29, 1.82) is 0 Å². The van der Waals surface area contributed by atoms with Gasteiger partial charge in [0.1, 0.15) is 5.75 Å². The molecule has 0 radical (unpaired) electrons. The molecule has 0 N–H and O–H groups in total. The number of rotatable bonds is 3. The summed E-state index contributed by atoms with van der Waals surface area (Å²) in [6, 6.07) is 15.0. The molecule has 21 heavy (non-hydrogen) atoms. The van der Waals surface area contributed by atoms with Crippen molar-refractivity contribution in [3.05, 3.63) is 58.8 Å². The number of methoxy groups -OCH3 is 1. The molecule has 2 aromatic carbocycles. The van der Waals surface area contributed by atoms with Crippen LogP contribution in [0.5, 0.6) is 5.75 Å². The average Bonchev–Trinajstić information content (AvgIpc) is 2.90. The largest absolute Gasteiger partial charge is 0.497 e. The Labute approximate surface area is 131 Å². The molecule has 3 aromatic rings. The highest BCUT2D eigenvalue weighted by Crippen LogP contribution is 2.31. The maximum absolute atomic E-state index is 6.29. The van der Waals surface area contributed by atoms with Crippen molar-refractivity contribution >= 4 is 23.2 Å². The maximum atomic E-state index is 6.29. The fraction of sp³-hybridized carbons (Fsp3) is 0.0667.